The van der Waals surface area contributed by atoms with Crippen molar-refractivity contribution in [2.75, 3.05) is 7.11 Å². The Morgan fingerprint density at radius 3 is 1.89 bits per heavy atom. The Kier molecular flexibility index (Phi) is 4.79. The van der Waals surface area contributed by atoms with Crippen molar-refractivity contribution in [2.24, 2.45) is 23.7 Å². The summed E-state index contributed by atoms with van der Waals surface area (Å²) in [5.41, 5.74) is 0. The number of carbonyl (C=O) groups excluding carboxylic acids is 2. The SMILES string of the molecule is COC(=O)C1CCC([C@H]2CC[C@H](C=O)CC2)CC1. The summed E-state index contributed by atoms with van der Waals surface area (Å²) in [5, 5.41) is 0. The quantitative estimate of drug-likeness (QED) is 0.573. The van der Waals surface area contributed by atoms with Gasteiger partial charge in [-0.3, -0.25) is 4.79 Å². The van der Waals surface area contributed by atoms with Crippen LogP contribution in [0.3, 0.4) is 0 Å². The lowest BCUT2D eigenvalue weighted by Crippen LogP contribution is -2.29. The van der Waals surface area contributed by atoms with Crippen molar-refractivity contribution in [3.05, 3.63) is 0 Å². The second kappa shape index (κ2) is 6.35. The zero-order valence-corrected chi connectivity index (χ0v) is 11.3. The van der Waals surface area contributed by atoms with Gasteiger partial charge in [-0.15, -0.1) is 0 Å². The molecule has 0 radical (unpaired) electrons. The number of esters is 1. The fourth-order valence-corrected chi connectivity index (χ4v) is 3.75. The highest BCUT2D eigenvalue weighted by molar-refractivity contribution is 5.72. The molecular weight excluding hydrogens is 228 g/mol. The molecule has 2 fully saturated rings. The van der Waals surface area contributed by atoms with Crippen molar-refractivity contribution in [1.29, 1.82) is 0 Å². The Morgan fingerprint density at radius 1 is 0.944 bits per heavy atom. The van der Waals surface area contributed by atoms with E-state index < -0.39 is 0 Å². The maximum absolute atomic E-state index is 11.5. The smallest absolute Gasteiger partial charge is 0.308 e. The zero-order valence-electron chi connectivity index (χ0n) is 11.3. The molecule has 2 aliphatic carbocycles. The number of ether oxygens (including phenoxy) is 1. The Balaban J connectivity index is 1.76. The second-order valence-electron chi connectivity index (χ2n) is 5.95. The summed E-state index contributed by atoms with van der Waals surface area (Å²) in [6, 6.07) is 0. The van der Waals surface area contributed by atoms with E-state index in [1.165, 1.54) is 20.0 Å². The minimum atomic E-state index is -0.0295. The minimum Gasteiger partial charge on any atom is -0.469 e. The Labute approximate surface area is 109 Å². The predicted molar refractivity (Wildman–Crippen MR) is 69.0 cm³/mol. The first-order valence-electron chi connectivity index (χ1n) is 7.27. The fraction of sp³-hybridized carbons (Fsp3) is 0.867. The third-order valence-corrected chi connectivity index (χ3v) is 4.98. The van der Waals surface area contributed by atoms with Crippen LogP contribution >= 0.6 is 0 Å². The van der Waals surface area contributed by atoms with E-state index in [0.29, 0.717) is 5.92 Å². The molecule has 0 amide bonds. The van der Waals surface area contributed by atoms with Crippen molar-refractivity contribution in [2.45, 2.75) is 51.4 Å². The molecule has 2 aliphatic rings. The first kappa shape index (κ1) is 13.6. The predicted octanol–water partition coefficient (Wildman–Crippen LogP) is 2.97. The summed E-state index contributed by atoms with van der Waals surface area (Å²) in [5.74, 6) is 1.99. The van der Waals surface area contributed by atoms with Gasteiger partial charge in [0.1, 0.15) is 6.29 Å². The molecule has 18 heavy (non-hydrogen) atoms. The van der Waals surface area contributed by atoms with Gasteiger partial charge in [0.15, 0.2) is 0 Å². The van der Waals surface area contributed by atoms with Gasteiger partial charge in [-0.05, 0) is 63.2 Å². The van der Waals surface area contributed by atoms with Crippen LogP contribution in [-0.4, -0.2) is 19.4 Å². The molecule has 2 rings (SSSR count). The van der Waals surface area contributed by atoms with Crippen molar-refractivity contribution in [3.8, 4) is 0 Å². The maximum Gasteiger partial charge on any atom is 0.308 e. The molecule has 2 saturated carbocycles. The lowest BCUT2D eigenvalue weighted by molar-refractivity contribution is -0.147. The topological polar surface area (TPSA) is 43.4 Å². The molecule has 0 N–H and O–H groups in total. The summed E-state index contributed by atoms with van der Waals surface area (Å²) in [6.45, 7) is 0. The van der Waals surface area contributed by atoms with Crippen LogP contribution in [-0.2, 0) is 14.3 Å². The molecule has 0 saturated heterocycles. The van der Waals surface area contributed by atoms with Gasteiger partial charge in [0, 0.05) is 5.92 Å². The molecule has 3 heteroatoms. The summed E-state index contributed by atoms with van der Waals surface area (Å²) >= 11 is 0. The monoisotopic (exact) mass is 252 g/mol. The molecule has 102 valence electrons. The number of carbonyl (C=O) groups is 2. The minimum absolute atomic E-state index is 0.0295. The second-order valence-corrected chi connectivity index (χ2v) is 5.95. The van der Waals surface area contributed by atoms with E-state index >= 15 is 0 Å². The number of aldehydes is 1. The van der Waals surface area contributed by atoms with Gasteiger partial charge in [-0.2, -0.15) is 0 Å². The highest BCUT2D eigenvalue weighted by atomic mass is 16.5. The lowest BCUT2D eigenvalue weighted by Gasteiger charge is -2.36. The molecule has 0 aromatic heterocycles. The zero-order chi connectivity index (χ0) is 13.0. The number of hydrogen-bond donors (Lipinski definition) is 0. The largest absolute Gasteiger partial charge is 0.469 e. The fourth-order valence-electron chi connectivity index (χ4n) is 3.75. The Hall–Kier alpha value is -0.860. The third-order valence-electron chi connectivity index (χ3n) is 4.98. The molecule has 0 spiro atoms. The van der Waals surface area contributed by atoms with Crippen LogP contribution in [0.1, 0.15) is 51.4 Å². The van der Waals surface area contributed by atoms with Crippen LogP contribution in [0.25, 0.3) is 0 Å². The van der Waals surface area contributed by atoms with Crippen molar-refractivity contribution >= 4 is 12.3 Å². The van der Waals surface area contributed by atoms with E-state index in [9.17, 15) is 9.59 Å². The molecule has 0 heterocycles. The van der Waals surface area contributed by atoms with Gasteiger partial charge in [-0.25, -0.2) is 0 Å². The summed E-state index contributed by atoms with van der Waals surface area (Å²) in [6.07, 6.45) is 10.00. The Morgan fingerprint density at radius 2 is 1.44 bits per heavy atom. The molecule has 0 atom stereocenters. The first-order chi connectivity index (χ1) is 8.74. The standard InChI is InChI=1S/C15H24O3/c1-18-15(17)14-8-6-13(7-9-14)12-4-2-11(10-16)3-5-12/h10-14H,2-9H2,1H3/t11-,12-,13?,14?. The van der Waals surface area contributed by atoms with Crippen molar-refractivity contribution in [3.63, 3.8) is 0 Å². The number of hydrogen-bond acceptors (Lipinski definition) is 3. The van der Waals surface area contributed by atoms with Crippen molar-refractivity contribution < 1.29 is 14.3 Å². The van der Waals surface area contributed by atoms with E-state index in [-0.39, 0.29) is 11.9 Å². The van der Waals surface area contributed by atoms with Crippen LogP contribution in [0, 0.1) is 23.7 Å². The number of rotatable bonds is 3. The molecule has 0 aliphatic heterocycles. The average molecular weight is 252 g/mol. The van der Waals surface area contributed by atoms with Gasteiger partial charge in [0.25, 0.3) is 0 Å². The van der Waals surface area contributed by atoms with E-state index in [0.717, 1.165) is 56.6 Å². The first-order valence-corrected chi connectivity index (χ1v) is 7.27. The van der Waals surface area contributed by atoms with Gasteiger partial charge >= 0.3 is 5.97 Å². The lowest BCUT2D eigenvalue weighted by atomic mass is 9.69. The molecule has 0 unspecified atom stereocenters. The Bertz CT molecular complexity index is 284. The molecular formula is C15H24O3. The van der Waals surface area contributed by atoms with Gasteiger partial charge < -0.3 is 9.53 Å². The van der Waals surface area contributed by atoms with E-state index in [4.69, 9.17) is 4.74 Å². The van der Waals surface area contributed by atoms with Crippen LogP contribution in [0.5, 0.6) is 0 Å². The average Bonchev–Trinajstić information content (AvgIpc) is 2.47. The van der Waals surface area contributed by atoms with Crippen LogP contribution in [0.4, 0.5) is 0 Å². The van der Waals surface area contributed by atoms with E-state index in [2.05, 4.69) is 0 Å². The number of methoxy groups -OCH3 is 1. The molecule has 0 bridgehead atoms. The van der Waals surface area contributed by atoms with Gasteiger partial charge in [-0.1, -0.05) is 0 Å². The van der Waals surface area contributed by atoms with Gasteiger partial charge in [0.2, 0.25) is 0 Å². The maximum atomic E-state index is 11.5. The van der Waals surface area contributed by atoms with Crippen LogP contribution in [0.2, 0.25) is 0 Å². The third kappa shape index (κ3) is 3.12. The summed E-state index contributed by atoms with van der Waals surface area (Å²) < 4.78 is 4.82. The summed E-state index contributed by atoms with van der Waals surface area (Å²) in [7, 11) is 1.48. The highest BCUT2D eigenvalue weighted by Crippen LogP contribution is 2.41. The van der Waals surface area contributed by atoms with E-state index in [1.54, 1.807) is 0 Å². The van der Waals surface area contributed by atoms with Crippen LogP contribution in [0.15, 0.2) is 0 Å². The van der Waals surface area contributed by atoms with E-state index in [1.807, 2.05) is 0 Å². The highest BCUT2D eigenvalue weighted by Gasteiger charge is 2.33. The molecule has 0 aromatic carbocycles. The normalized spacial score (nSPS) is 36.9. The van der Waals surface area contributed by atoms with Crippen molar-refractivity contribution in [1.82, 2.24) is 0 Å². The van der Waals surface area contributed by atoms with Gasteiger partial charge in [0.05, 0.1) is 13.0 Å². The summed E-state index contributed by atoms with van der Waals surface area (Å²) in [4.78, 5) is 22.2. The molecule has 3 nitrogen and oxygen atoms in total. The molecule has 0 aromatic rings. The van der Waals surface area contributed by atoms with Crippen LogP contribution < -0.4 is 0 Å².